The van der Waals surface area contributed by atoms with Gasteiger partial charge in [0.1, 0.15) is 5.75 Å². The van der Waals surface area contributed by atoms with Gasteiger partial charge in [-0.2, -0.15) is 0 Å². The molecule has 36 heavy (non-hydrogen) atoms. The smallest absolute Gasteiger partial charge is 0.239 e. The molecule has 1 aliphatic heterocycles. The van der Waals surface area contributed by atoms with Crippen LogP contribution in [0.25, 0.3) is 0 Å². The maximum absolute atomic E-state index is 13.5. The highest BCUT2D eigenvalue weighted by molar-refractivity contribution is 5.92. The van der Waals surface area contributed by atoms with Gasteiger partial charge in [0.2, 0.25) is 11.8 Å². The molecule has 0 radical (unpaired) electrons. The molecule has 0 saturated carbocycles. The molecule has 1 heterocycles. The number of rotatable bonds is 7. The summed E-state index contributed by atoms with van der Waals surface area (Å²) in [5, 5.41) is 0. The van der Waals surface area contributed by atoms with E-state index in [1.807, 2.05) is 59.2 Å². The van der Waals surface area contributed by atoms with E-state index in [-0.39, 0.29) is 11.8 Å². The quantitative estimate of drug-likeness (QED) is 0.628. The molecular formula is C29H42N4O3. The highest BCUT2D eigenvalue weighted by atomic mass is 16.5. The molecule has 0 bridgehead atoms. The number of nitrogens with zero attached hydrogens (tertiary/aromatic N) is 3. The standard InChI is InChI=1S/C29H42N4O3/c1-5-36-28-14-9-7-12-25(28)20-31-15-10-16-33(23(4)34)27-13-8-6-11-24(27)21-32(18-17-31)29(35)26(30)19-22(2)3/h6-9,11-14,22,26H,5,10,15-21,30H2,1-4H3/t26-/m0/s1. The molecule has 2 amide bonds. The molecule has 0 saturated heterocycles. The Morgan fingerprint density at radius 1 is 1.00 bits per heavy atom. The van der Waals surface area contributed by atoms with Gasteiger partial charge in [-0.1, -0.05) is 50.2 Å². The number of nitrogens with two attached hydrogens (primary N) is 1. The van der Waals surface area contributed by atoms with E-state index in [0.29, 0.717) is 51.7 Å². The van der Waals surface area contributed by atoms with Crippen molar-refractivity contribution in [3.8, 4) is 5.75 Å². The summed E-state index contributed by atoms with van der Waals surface area (Å²) in [5.41, 5.74) is 9.32. The molecule has 0 unspecified atom stereocenters. The Balaban J connectivity index is 1.91. The Labute approximate surface area is 216 Å². The first kappa shape index (κ1) is 27.7. The first-order valence-electron chi connectivity index (χ1n) is 13.1. The van der Waals surface area contributed by atoms with Gasteiger partial charge in [-0.3, -0.25) is 14.5 Å². The minimum absolute atomic E-state index is 0.00400. The minimum atomic E-state index is -0.543. The van der Waals surface area contributed by atoms with Crippen LogP contribution in [0, 0.1) is 5.92 Å². The molecule has 2 N–H and O–H groups in total. The lowest BCUT2D eigenvalue weighted by Crippen LogP contribution is -2.46. The van der Waals surface area contributed by atoms with Gasteiger partial charge in [-0.25, -0.2) is 0 Å². The summed E-state index contributed by atoms with van der Waals surface area (Å²) < 4.78 is 5.86. The van der Waals surface area contributed by atoms with Crippen LogP contribution in [0.1, 0.15) is 51.7 Å². The van der Waals surface area contributed by atoms with Crippen molar-refractivity contribution >= 4 is 17.5 Å². The van der Waals surface area contributed by atoms with E-state index in [1.165, 1.54) is 0 Å². The van der Waals surface area contributed by atoms with Crippen LogP contribution in [0.5, 0.6) is 5.75 Å². The Kier molecular flexibility index (Phi) is 10.3. The molecule has 2 aromatic carbocycles. The number of para-hydroxylation sites is 2. The number of benzene rings is 2. The minimum Gasteiger partial charge on any atom is -0.494 e. The normalized spacial score (nSPS) is 16.3. The molecule has 0 spiro atoms. The summed E-state index contributed by atoms with van der Waals surface area (Å²) in [5.74, 6) is 1.19. The lowest BCUT2D eigenvalue weighted by Gasteiger charge is -2.30. The van der Waals surface area contributed by atoms with Crippen LogP contribution < -0.4 is 15.4 Å². The molecule has 2 aromatic rings. The predicted molar refractivity (Wildman–Crippen MR) is 145 cm³/mol. The van der Waals surface area contributed by atoms with Gasteiger partial charge in [0.15, 0.2) is 0 Å². The van der Waals surface area contributed by atoms with Crippen molar-refractivity contribution in [2.24, 2.45) is 11.7 Å². The molecule has 3 rings (SSSR count). The van der Waals surface area contributed by atoms with E-state index in [0.717, 1.165) is 35.5 Å². The zero-order chi connectivity index (χ0) is 26.1. The van der Waals surface area contributed by atoms with E-state index in [9.17, 15) is 9.59 Å². The van der Waals surface area contributed by atoms with Crippen molar-refractivity contribution in [1.29, 1.82) is 0 Å². The van der Waals surface area contributed by atoms with Gasteiger partial charge in [0, 0.05) is 57.4 Å². The van der Waals surface area contributed by atoms with Gasteiger partial charge >= 0.3 is 0 Å². The summed E-state index contributed by atoms with van der Waals surface area (Å²) in [6.45, 7) is 12.2. The van der Waals surface area contributed by atoms with Crippen LogP contribution in [0.15, 0.2) is 48.5 Å². The second kappa shape index (κ2) is 13.4. The van der Waals surface area contributed by atoms with Gasteiger partial charge < -0.3 is 20.3 Å². The van der Waals surface area contributed by atoms with Crippen molar-refractivity contribution in [2.75, 3.05) is 37.7 Å². The van der Waals surface area contributed by atoms with Crippen molar-refractivity contribution in [2.45, 2.75) is 59.7 Å². The fourth-order valence-corrected chi connectivity index (χ4v) is 4.83. The van der Waals surface area contributed by atoms with Gasteiger partial charge in [-0.05, 0) is 43.4 Å². The summed E-state index contributed by atoms with van der Waals surface area (Å²) >= 11 is 0. The molecular weight excluding hydrogens is 452 g/mol. The Morgan fingerprint density at radius 3 is 2.44 bits per heavy atom. The van der Waals surface area contributed by atoms with E-state index in [2.05, 4.69) is 24.8 Å². The number of carbonyl (C=O) groups is 2. The predicted octanol–water partition coefficient (Wildman–Crippen LogP) is 4.05. The zero-order valence-corrected chi connectivity index (χ0v) is 22.3. The first-order valence-corrected chi connectivity index (χ1v) is 13.1. The molecule has 1 atom stereocenters. The van der Waals surface area contributed by atoms with E-state index < -0.39 is 6.04 Å². The maximum atomic E-state index is 13.5. The molecule has 196 valence electrons. The summed E-state index contributed by atoms with van der Waals surface area (Å²) in [4.78, 5) is 32.2. The zero-order valence-electron chi connectivity index (χ0n) is 22.3. The summed E-state index contributed by atoms with van der Waals surface area (Å²) in [6, 6.07) is 15.5. The molecule has 7 heteroatoms. The van der Waals surface area contributed by atoms with Crippen LogP contribution in [-0.2, 0) is 22.7 Å². The Bertz CT molecular complexity index is 1010. The number of hydrogen-bond acceptors (Lipinski definition) is 5. The molecule has 0 fully saturated rings. The lowest BCUT2D eigenvalue weighted by molar-refractivity contribution is -0.133. The highest BCUT2D eigenvalue weighted by Gasteiger charge is 2.26. The van der Waals surface area contributed by atoms with Crippen molar-refractivity contribution in [1.82, 2.24) is 9.80 Å². The highest BCUT2D eigenvalue weighted by Crippen LogP contribution is 2.25. The van der Waals surface area contributed by atoms with Crippen molar-refractivity contribution < 1.29 is 14.3 Å². The average molecular weight is 495 g/mol. The fraction of sp³-hybridized carbons (Fsp3) is 0.517. The average Bonchev–Trinajstić information content (AvgIpc) is 2.87. The Hall–Kier alpha value is -2.90. The van der Waals surface area contributed by atoms with Crippen LogP contribution in [0.4, 0.5) is 5.69 Å². The third-order valence-corrected chi connectivity index (χ3v) is 6.59. The second-order valence-corrected chi connectivity index (χ2v) is 9.97. The second-order valence-electron chi connectivity index (χ2n) is 9.97. The van der Waals surface area contributed by atoms with Crippen molar-refractivity contribution in [3.63, 3.8) is 0 Å². The van der Waals surface area contributed by atoms with Crippen LogP contribution in [-0.4, -0.2) is 60.4 Å². The molecule has 1 aliphatic rings. The first-order chi connectivity index (χ1) is 17.3. The number of amides is 2. The van der Waals surface area contributed by atoms with Crippen molar-refractivity contribution in [3.05, 3.63) is 59.7 Å². The fourth-order valence-electron chi connectivity index (χ4n) is 4.83. The number of ether oxygens (including phenoxy) is 1. The number of fused-ring (bicyclic) bond motifs is 1. The largest absolute Gasteiger partial charge is 0.494 e. The third-order valence-electron chi connectivity index (χ3n) is 6.59. The molecule has 7 nitrogen and oxygen atoms in total. The van der Waals surface area contributed by atoms with Crippen LogP contribution >= 0.6 is 0 Å². The Morgan fingerprint density at radius 2 is 1.72 bits per heavy atom. The number of hydrogen-bond donors (Lipinski definition) is 1. The van der Waals surface area contributed by atoms with Crippen LogP contribution in [0.3, 0.4) is 0 Å². The number of anilines is 1. The van der Waals surface area contributed by atoms with Gasteiger partial charge in [0.25, 0.3) is 0 Å². The van der Waals surface area contributed by atoms with Gasteiger partial charge in [0.05, 0.1) is 12.6 Å². The van der Waals surface area contributed by atoms with E-state index >= 15 is 0 Å². The number of carbonyl (C=O) groups excluding carboxylic acids is 2. The molecule has 0 aromatic heterocycles. The third kappa shape index (κ3) is 7.55. The summed E-state index contributed by atoms with van der Waals surface area (Å²) in [7, 11) is 0. The monoisotopic (exact) mass is 494 g/mol. The lowest BCUT2D eigenvalue weighted by atomic mass is 10.0. The topological polar surface area (TPSA) is 79.1 Å². The van der Waals surface area contributed by atoms with Gasteiger partial charge in [-0.15, -0.1) is 0 Å². The molecule has 0 aliphatic carbocycles. The van der Waals surface area contributed by atoms with E-state index in [1.54, 1.807) is 6.92 Å². The van der Waals surface area contributed by atoms with E-state index in [4.69, 9.17) is 10.5 Å². The van der Waals surface area contributed by atoms with Crippen LogP contribution in [0.2, 0.25) is 0 Å². The maximum Gasteiger partial charge on any atom is 0.239 e. The summed E-state index contributed by atoms with van der Waals surface area (Å²) in [6.07, 6.45) is 1.47. The SMILES string of the molecule is CCOc1ccccc1CN1CCCN(C(C)=O)c2ccccc2CN(C(=O)[C@@H](N)CC(C)C)CC1.